The third-order valence-corrected chi connectivity index (χ3v) is 2.38. The van der Waals surface area contributed by atoms with Crippen LogP contribution in [0, 0.1) is 0 Å². The standard InChI is InChI=1S/C15H16N2O2/c1-12(2)19-14-10-6-7-11-17(14)16-15(18)13-8-4-3-5-9-13/h3-12H,1-2H3. The van der Waals surface area contributed by atoms with Crippen LogP contribution in [0.1, 0.15) is 19.4 Å². The Morgan fingerprint density at radius 2 is 1.79 bits per heavy atom. The first-order valence-electron chi connectivity index (χ1n) is 6.15. The highest BCUT2D eigenvalue weighted by molar-refractivity contribution is 5.89. The van der Waals surface area contributed by atoms with E-state index in [1.807, 2.05) is 38.1 Å². The van der Waals surface area contributed by atoms with Gasteiger partial charge in [-0.25, -0.2) is 0 Å². The molecule has 0 aliphatic rings. The van der Waals surface area contributed by atoms with Gasteiger partial charge in [-0.1, -0.05) is 30.3 Å². The fourth-order valence-corrected chi connectivity index (χ4v) is 1.57. The zero-order valence-corrected chi connectivity index (χ0v) is 11.0. The highest BCUT2D eigenvalue weighted by atomic mass is 16.5. The topological polar surface area (TPSA) is 48.5 Å². The molecule has 0 saturated carbocycles. The van der Waals surface area contributed by atoms with Crippen molar-refractivity contribution in [2.45, 2.75) is 20.0 Å². The van der Waals surface area contributed by atoms with Gasteiger partial charge < -0.3 is 9.84 Å². The van der Waals surface area contributed by atoms with Crippen molar-refractivity contribution in [3.8, 4) is 5.88 Å². The molecular formula is C15H16N2O2. The second kappa shape index (κ2) is 6.00. The predicted molar refractivity (Wildman–Crippen MR) is 70.8 cm³/mol. The molecule has 0 N–H and O–H groups in total. The van der Waals surface area contributed by atoms with E-state index < -0.39 is 0 Å². The van der Waals surface area contributed by atoms with Crippen molar-refractivity contribution in [1.82, 2.24) is 0 Å². The molecule has 0 spiro atoms. The molecule has 0 atom stereocenters. The number of pyridine rings is 1. The van der Waals surface area contributed by atoms with Gasteiger partial charge in [-0.3, -0.25) is 0 Å². The third kappa shape index (κ3) is 3.55. The van der Waals surface area contributed by atoms with Crippen LogP contribution in [-0.2, 0) is 0 Å². The normalized spacial score (nSPS) is 11.6. The number of ether oxygens (including phenoxy) is 1. The molecular weight excluding hydrogens is 240 g/mol. The molecule has 0 unspecified atom stereocenters. The van der Waals surface area contributed by atoms with E-state index >= 15 is 0 Å². The summed E-state index contributed by atoms with van der Waals surface area (Å²) in [5, 5.41) is 16.0. The van der Waals surface area contributed by atoms with Crippen molar-refractivity contribution in [2.75, 3.05) is 0 Å². The van der Waals surface area contributed by atoms with Gasteiger partial charge >= 0.3 is 5.88 Å². The Labute approximate surface area is 112 Å². The SMILES string of the molecule is CC(C)Oc1cccc[n+]1/N=C(\[O-])c1ccccc1. The van der Waals surface area contributed by atoms with Crippen molar-refractivity contribution >= 4 is 5.90 Å². The fourth-order valence-electron chi connectivity index (χ4n) is 1.57. The molecule has 2 rings (SSSR count). The van der Waals surface area contributed by atoms with E-state index in [0.29, 0.717) is 11.4 Å². The van der Waals surface area contributed by atoms with Gasteiger partial charge in [0.1, 0.15) is 0 Å². The summed E-state index contributed by atoms with van der Waals surface area (Å²) in [7, 11) is 0. The van der Waals surface area contributed by atoms with Crippen LogP contribution in [0.4, 0.5) is 0 Å². The molecule has 1 aromatic carbocycles. The van der Waals surface area contributed by atoms with Crippen molar-refractivity contribution < 1.29 is 14.5 Å². The quantitative estimate of drug-likeness (QED) is 0.471. The molecule has 1 heterocycles. The van der Waals surface area contributed by atoms with Crippen LogP contribution >= 0.6 is 0 Å². The van der Waals surface area contributed by atoms with Crippen LogP contribution in [0.5, 0.6) is 5.88 Å². The first kappa shape index (κ1) is 13.1. The Morgan fingerprint density at radius 1 is 1.11 bits per heavy atom. The highest BCUT2D eigenvalue weighted by Gasteiger charge is 2.12. The van der Waals surface area contributed by atoms with Gasteiger partial charge in [-0.15, -0.1) is 0 Å². The molecule has 0 radical (unpaired) electrons. The second-order valence-electron chi connectivity index (χ2n) is 4.32. The van der Waals surface area contributed by atoms with E-state index in [4.69, 9.17) is 4.74 Å². The van der Waals surface area contributed by atoms with Crippen LogP contribution in [0.3, 0.4) is 0 Å². The minimum Gasteiger partial charge on any atom is -0.854 e. The van der Waals surface area contributed by atoms with Crippen LogP contribution < -0.4 is 14.5 Å². The molecule has 1 aromatic heterocycles. The third-order valence-electron chi connectivity index (χ3n) is 2.38. The summed E-state index contributed by atoms with van der Waals surface area (Å²) in [4.78, 5) is 0. The molecule has 0 aliphatic carbocycles. The first-order valence-corrected chi connectivity index (χ1v) is 6.15. The summed E-state index contributed by atoms with van der Waals surface area (Å²) in [5.41, 5.74) is 0.550. The van der Waals surface area contributed by atoms with Gasteiger partial charge in [0.15, 0.2) is 0 Å². The maximum Gasteiger partial charge on any atom is 0.399 e. The Morgan fingerprint density at radius 3 is 2.47 bits per heavy atom. The molecule has 19 heavy (non-hydrogen) atoms. The molecule has 4 nitrogen and oxygen atoms in total. The largest absolute Gasteiger partial charge is 0.854 e. The van der Waals surface area contributed by atoms with E-state index in [-0.39, 0.29) is 12.0 Å². The Hall–Kier alpha value is -2.36. The number of rotatable bonds is 4. The molecule has 4 heteroatoms. The second-order valence-corrected chi connectivity index (χ2v) is 4.32. The van der Waals surface area contributed by atoms with Gasteiger partial charge in [-0.05, 0) is 35.3 Å². The van der Waals surface area contributed by atoms with Crippen LogP contribution in [0.25, 0.3) is 0 Å². The van der Waals surface area contributed by atoms with Crippen molar-refractivity contribution in [3.63, 3.8) is 0 Å². The van der Waals surface area contributed by atoms with Gasteiger partial charge in [0.2, 0.25) is 6.20 Å². The van der Waals surface area contributed by atoms with E-state index in [0.717, 1.165) is 0 Å². The van der Waals surface area contributed by atoms with Crippen molar-refractivity contribution in [2.24, 2.45) is 5.10 Å². The lowest BCUT2D eigenvalue weighted by atomic mass is 10.2. The molecule has 0 aliphatic heterocycles. The highest BCUT2D eigenvalue weighted by Crippen LogP contribution is 2.05. The minimum atomic E-state index is -0.301. The van der Waals surface area contributed by atoms with Crippen LogP contribution in [0.15, 0.2) is 59.8 Å². The molecule has 0 amide bonds. The maximum absolute atomic E-state index is 12.0. The summed E-state index contributed by atoms with van der Waals surface area (Å²) in [6, 6.07) is 14.4. The van der Waals surface area contributed by atoms with E-state index in [9.17, 15) is 5.11 Å². The van der Waals surface area contributed by atoms with Crippen LogP contribution in [0.2, 0.25) is 0 Å². The monoisotopic (exact) mass is 256 g/mol. The summed E-state index contributed by atoms with van der Waals surface area (Å²) in [5.74, 6) is 0.243. The lowest BCUT2D eigenvalue weighted by Crippen LogP contribution is -2.36. The maximum atomic E-state index is 12.0. The molecule has 0 bridgehead atoms. The van der Waals surface area contributed by atoms with Crippen molar-refractivity contribution in [3.05, 3.63) is 60.3 Å². The van der Waals surface area contributed by atoms with Gasteiger partial charge in [-0.2, -0.15) is 0 Å². The van der Waals surface area contributed by atoms with Crippen LogP contribution in [-0.4, -0.2) is 12.0 Å². The predicted octanol–water partition coefficient (Wildman–Crippen LogP) is 1.33. The lowest BCUT2D eigenvalue weighted by molar-refractivity contribution is -0.687. The van der Waals surface area contributed by atoms with Crippen molar-refractivity contribution in [1.29, 1.82) is 0 Å². The number of aromatic nitrogens is 1. The van der Waals surface area contributed by atoms with E-state index in [1.165, 1.54) is 4.68 Å². The number of benzene rings is 1. The number of nitrogens with zero attached hydrogens (tertiary/aromatic N) is 2. The number of hydrogen-bond acceptors (Lipinski definition) is 3. The van der Waals surface area contributed by atoms with E-state index in [2.05, 4.69) is 5.10 Å². The summed E-state index contributed by atoms with van der Waals surface area (Å²) >= 11 is 0. The Bertz CT molecular complexity index is 565. The zero-order chi connectivity index (χ0) is 13.7. The summed E-state index contributed by atoms with van der Waals surface area (Å²) < 4.78 is 7.05. The van der Waals surface area contributed by atoms with E-state index in [1.54, 1.807) is 30.5 Å². The average molecular weight is 256 g/mol. The molecule has 0 fully saturated rings. The zero-order valence-electron chi connectivity index (χ0n) is 11.0. The lowest BCUT2D eigenvalue weighted by Gasteiger charge is -2.08. The average Bonchev–Trinajstić information content (AvgIpc) is 2.41. The summed E-state index contributed by atoms with van der Waals surface area (Å²) in [6.07, 6.45) is 1.72. The van der Waals surface area contributed by atoms with Gasteiger partial charge in [0.05, 0.1) is 18.1 Å². The number of hydrogen-bond donors (Lipinski definition) is 0. The smallest absolute Gasteiger partial charge is 0.399 e. The first-order chi connectivity index (χ1) is 9.16. The molecule has 98 valence electrons. The fraction of sp³-hybridized carbons (Fsp3) is 0.200. The van der Waals surface area contributed by atoms with Gasteiger partial charge in [0.25, 0.3) is 0 Å². The Kier molecular flexibility index (Phi) is 4.13. The molecule has 2 aromatic rings. The van der Waals surface area contributed by atoms with Gasteiger partial charge in [0, 0.05) is 6.07 Å². The minimum absolute atomic E-state index is 0.0238. The molecule has 0 saturated heterocycles. The Balaban J connectivity index is 2.32. The summed E-state index contributed by atoms with van der Waals surface area (Å²) in [6.45, 7) is 3.85.